The van der Waals surface area contributed by atoms with Crippen LogP contribution in [0.3, 0.4) is 0 Å². The van der Waals surface area contributed by atoms with Gasteiger partial charge in [0.05, 0.1) is 31.3 Å². The SMILES string of the molecule is COC(=O)NC(CCC=CC(=O)NCCO)C(=O)Nc1cccn(Cc2nc3ccccc3[nH]2)c1=O. The number of amides is 3. The average Bonchev–Trinajstić information content (AvgIpc) is 3.29. The molecule has 3 rings (SSSR count). The molecule has 0 saturated heterocycles. The Morgan fingerprint density at radius 2 is 2.03 bits per heavy atom. The molecule has 3 amide bonds. The van der Waals surface area contributed by atoms with E-state index < -0.39 is 23.6 Å². The minimum absolute atomic E-state index is 0.0363. The molecule has 0 radical (unpaired) electrons. The molecular formula is C24H28N6O6. The minimum atomic E-state index is -1.02. The normalized spacial score (nSPS) is 11.8. The van der Waals surface area contributed by atoms with Gasteiger partial charge >= 0.3 is 6.09 Å². The highest BCUT2D eigenvalue weighted by Crippen LogP contribution is 2.11. The molecule has 2 heterocycles. The number of methoxy groups -OCH3 is 1. The second kappa shape index (κ2) is 12.9. The first-order valence-electron chi connectivity index (χ1n) is 11.2. The number of aliphatic hydroxyl groups is 1. The highest BCUT2D eigenvalue weighted by Gasteiger charge is 2.22. The number of nitrogens with zero attached hydrogens (tertiary/aromatic N) is 2. The van der Waals surface area contributed by atoms with E-state index in [0.29, 0.717) is 5.82 Å². The minimum Gasteiger partial charge on any atom is -0.453 e. The molecule has 36 heavy (non-hydrogen) atoms. The zero-order valence-corrected chi connectivity index (χ0v) is 19.7. The highest BCUT2D eigenvalue weighted by atomic mass is 16.5. The molecule has 12 nitrogen and oxygen atoms in total. The van der Waals surface area contributed by atoms with Crippen LogP contribution in [-0.2, 0) is 20.9 Å². The lowest BCUT2D eigenvalue weighted by Gasteiger charge is -2.17. The number of aromatic nitrogens is 3. The number of aliphatic hydroxyl groups excluding tert-OH is 1. The van der Waals surface area contributed by atoms with Gasteiger partial charge in [-0.1, -0.05) is 18.2 Å². The monoisotopic (exact) mass is 496 g/mol. The summed E-state index contributed by atoms with van der Waals surface area (Å²) in [5, 5.41) is 16.2. The first kappa shape index (κ1) is 26.2. The summed E-state index contributed by atoms with van der Waals surface area (Å²) in [6, 6.07) is 9.57. The van der Waals surface area contributed by atoms with Crippen LogP contribution >= 0.6 is 0 Å². The Hall–Kier alpha value is -4.45. The molecule has 3 aromatic rings. The number of allylic oxidation sites excluding steroid dienone is 1. The number of rotatable bonds is 11. The van der Waals surface area contributed by atoms with E-state index in [-0.39, 0.29) is 44.1 Å². The van der Waals surface area contributed by atoms with Crippen LogP contribution in [0.5, 0.6) is 0 Å². The molecule has 0 spiro atoms. The molecule has 190 valence electrons. The summed E-state index contributed by atoms with van der Waals surface area (Å²) in [6.07, 6.45) is 4.01. The predicted molar refractivity (Wildman–Crippen MR) is 132 cm³/mol. The number of benzene rings is 1. The van der Waals surface area contributed by atoms with Gasteiger partial charge in [0.2, 0.25) is 11.8 Å². The average molecular weight is 497 g/mol. The van der Waals surface area contributed by atoms with Crippen LogP contribution in [0.25, 0.3) is 11.0 Å². The molecule has 0 fully saturated rings. The van der Waals surface area contributed by atoms with Gasteiger partial charge in [-0.2, -0.15) is 0 Å². The van der Waals surface area contributed by atoms with Crippen LogP contribution in [0, 0.1) is 0 Å². The van der Waals surface area contributed by atoms with Crippen LogP contribution in [0.15, 0.2) is 59.5 Å². The van der Waals surface area contributed by atoms with E-state index in [1.165, 1.54) is 29.9 Å². The first-order valence-corrected chi connectivity index (χ1v) is 11.2. The van der Waals surface area contributed by atoms with E-state index in [4.69, 9.17) is 5.11 Å². The number of pyridine rings is 1. The number of hydrogen-bond donors (Lipinski definition) is 5. The second-order valence-electron chi connectivity index (χ2n) is 7.73. The van der Waals surface area contributed by atoms with Crippen molar-refractivity contribution in [1.82, 2.24) is 25.2 Å². The van der Waals surface area contributed by atoms with Crippen molar-refractivity contribution in [2.24, 2.45) is 0 Å². The highest BCUT2D eigenvalue weighted by molar-refractivity contribution is 5.96. The van der Waals surface area contributed by atoms with E-state index in [2.05, 4.69) is 30.7 Å². The number of H-pyrrole nitrogens is 1. The molecule has 12 heteroatoms. The third-order valence-corrected chi connectivity index (χ3v) is 5.13. The maximum Gasteiger partial charge on any atom is 0.407 e. The Labute approximate surface area is 206 Å². The number of carbonyl (C=O) groups excluding carboxylic acids is 3. The number of alkyl carbamates (subject to hydrolysis) is 1. The molecule has 5 N–H and O–H groups in total. The van der Waals surface area contributed by atoms with E-state index in [1.807, 2.05) is 24.3 Å². The number of imidazole rings is 1. The second-order valence-corrected chi connectivity index (χ2v) is 7.73. The van der Waals surface area contributed by atoms with Gasteiger partial charge in [-0.15, -0.1) is 0 Å². The molecule has 2 aromatic heterocycles. The third-order valence-electron chi connectivity index (χ3n) is 5.13. The van der Waals surface area contributed by atoms with Crippen LogP contribution in [-0.4, -0.2) is 63.9 Å². The van der Waals surface area contributed by atoms with E-state index in [0.717, 1.165) is 11.0 Å². The lowest BCUT2D eigenvalue weighted by atomic mass is 10.1. The summed E-state index contributed by atoms with van der Waals surface area (Å²) in [6.45, 7) is 0.123. The molecule has 0 aliphatic carbocycles. The van der Waals surface area contributed by atoms with Gasteiger partial charge in [-0.25, -0.2) is 9.78 Å². The topological polar surface area (TPSA) is 167 Å². The van der Waals surface area contributed by atoms with Crippen molar-refractivity contribution in [2.45, 2.75) is 25.4 Å². The van der Waals surface area contributed by atoms with Crippen LogP contribution in [0.1, 0.15) is 18.7 Å². The van der Waals surface area contributed by atoms with Crippen LogP contribution in [0.2, 0.25) is 0 Å². The number of hydrogen-bond acceptors (Lipinski definition) is 7. The smallest absolute Gasteiger partial charge is 0.407 e. The molecule has 1 aromatic carbocycles. The van der Waals surface area contributed by atoms with E-state index in [9.17, 15) is 19.2 Å². The quantitative estimate of drug-likeness (QED) is 0.246. The van der Waals surface area contributed by atoms with Gasteiger partial charge < -0.3 is 35.3 Å². The standard InChI is InChI=1S/C24H28N6O6/c1-36-24(35)29-18(9-4-5-11-21(32)25-12-14-31)22(33)28-19-10-6-13-30(23(19)34)15-20-26-16-7-2-3-8-17(16)27-20/h2-3,5-8,10-11,13,18,31H,4,9,12,14-15H2,1H3,(H,25,32)(H,26,27)(H,28,33)(H,29,35). The molecule has 1 atom stereocenters. The molecule has 0 bridgehead atoms. The van der Waals surface area contributed by atoms with E-state index in [1.54, 1.807) is 12.3 Å². The molecule has 1 unspecified atom stereocenters. The van der Waals surface area contributed by atoms with Crippen molar-refractivity contribution in [1.29, 1.82) is 0 Å². The lowest BCUT2D eigenvalue weighted by molar-refractivity contribution is -0.118. The zero-order valence-electron chi connectivity index (χ0n) is 19.7. The fourth-order valence-electron chi connectivity index (χ4n) is 3.38. The summed E-state index contributed by atoms with van der Waals surface area (Å²) < 4.78 is 6.00. The fourth-order valence-corrected chi connectivity index (χ4v) is 3.38. The molecule has 0 aliphatic rings. The Morgan fingerprint density at radius 1 is 1.22 bits per heavy atom. The number of carbonyl (C=O) groups is 3. The number of aromatic amines is 1. The first-order chi connectivity index (χ1) is 17.4. The molecule has 0 saturated carbocycles. The largest absolute Gasteiger partial charge is 0.453 e. The Morgan fingerprint density at radius 3 is 2.78 bits per heavy atom. The lowest BCUT2D eigenvalue weighted by Crippen LogP contribution is -2.44. The molecule has 0 aliphatic heterocycles. The van der Waals surface area contributed by atoms with Gasteiger partial charge in [0.25, 0.3) is 5.56 Å². The third kappa shape index (κ3) is 7.27. The molecular weight excluding hydrogens is 468 g/mol. The van der Waals surface area contributed by atoms with Gasteiger partial charge in [-0.3, -0.25) is 14.4 Å². The number of ether oxygens (including phenoxy) is 1. The Balaban J connectivity index is 1.68. The summed E-state index contributed by atoms with van der Waals surface area (Å²) in [5.74, 6) is -0.417. The van der Waals surface area contributed by atoms with E-state index >= 15 is 0 Å². The predicted octanol–water partition coefficient (Wildman–Crippen LogP) is 0.881. The Kier molecular flexibility index (Phi) is 9.34. The number of nitrogens with one attached hydrogen (secondary N) is 4. The van der Waals surface area contributed by atoms with Crippen molar-refractivity contribution in [3.8, 4) is 0 Å². The van der Waals surface area contributed by atoms with Gasteiger partial charge in [0, 0.05) is 12.7 Å². The zero-order chi connectivity index (χ0) is 25.9. The van der Waals surface area contributed by atoms with Gasteiger partial charge in [0.15, 0.2) is 0 Å². The number of para-hydroxylation sites is 2. The summed E-state index contributed by atoms with van der Waals surface area (Å²) in [7, 11) is 1.17. The van der Waals surface area contributed by atoms with Crippen molar-refractivity contribution in [3.63, 3.8) is 0 Å². The maximum atomic E-state index is 13.0. The maximum absolute atomic E-state index is 13.0. The van der Waals surface area contributed by atoms with Crippen LogP contribution in [0.4, 0.5) is 10.5 Å². The van der Waals surface area contributed by atoms with Gasteiger partial charge in [-0.05, 0) is 43.2 Å². The summed E-state index contributed by atoms with van der Waals surface area (Å²) in [5.41, 5.74) is 1.22. The van der Waals surface area contributed by atoms with Gasteiger partial charge in [0.1, 0.15) is 17.6 Å². The van der Waals surface area contributed by atoms with Crippen molar-refractivity contribution >= 4 is 34.6 Å². The Bertz CT molecular complexity index is 1260. The van der Waals surface area contributed by atoms with Crippen molar-refractivity contribution in [2.75, 3.05) is 25.6 Å². The van der Waals surface area contributed by atoms with Crippen molar-refractivity contribution < 1.29 is 24.2 Å². The summed E-state index contributed by atoms with van der Waals surface area (Å²) in [4.78, 5) is 56.8. The van der Waals surface area contributed by atoms with Crippen molar-refractivity contribution in [3.05, 3.63) is 70.9 Å². The summed E-state index contributed by atoms with van der Waals surface area (Å²) >= 11 is 0. The number of fused-ring (bicyclic) bond motifs is 1. The number of anilines is 1. The fraction of sp³-hybridized carbons (Fsp3) is 0.292. The van der Waals surface area contributed by atoms with Crippen LogP contribution < -0.4 is 21.5 Å².